The number of pyridine rings is 2. The van der Waals surface area contributed by atoms with Crippen LogP contribution in [0.25, 0.3) is 0 Å². The summed E-state index contributed by atoms with van der Waals surface area (Å²) in [6.07, 6.45) is 3.39. The van der Waals surface area contributed by atoms with Crippen LogP contribution >= 0.6 is 0 Å². The Balaban J connectivity index is 2.44. The van der Waals surface area contributed by atoms with E-state index in [1.54, 1.807) is 12.4 Å². The van der Waals surface area contributed by atoms with Crippen LogP contribution in [0.3, 0.4) is 0 Å². The molecule has 0 saturated heterocycles. The Hall–Kier alpha value is -1.52. The highest BCUT2D eigenvalue weighted by molar-refractivity contribution is 6.94. The van der Waals surface area contributed by atoms with E-state index in [1.165, 1.54) is 0 Å². The maximum absolute atomic E-state index is 10.5. The van der Waals surface area contributed by atoms with Crippen LogP contribution < -0.4 is 10.6 Å². The van der Waals surface area contributed by atoms with Crippen molar-refractivity contribution < 1.29 is 4.80 Å². The van der Waals surface area contributed by atoms with Crippen LogP contribution in [-0.4, -0.2) is 23.1 Å². The van der Waals surface area contributed by atoms with Gasteiger partial charge in [0.25, 0.3) is 8.32 Å². The standard InChI is InChI=1S/C11H12N2OSi/c1-15(14,10-6-2-4-8-12-10)11-7-3-5-9-13-11/h2-9,14H,1H3. The van der Waals surface area contributed by atoms with E-state index >= 15 is 0 Å². The monoisotopic (exact) mass is 216 g/mol. The molecular formula is C11H12N2OSi. The number of aromatic nitrogens is 2. The average molecular weight is 216 g/mol. The van der Waals surface area contributed by atoms with Gasteiger partial charge in [-0.2, -0.15) is 0 Å². The zero-order valence-corrected chi connectivity index (χ0v) is 9.46. The molecule has 0 saturated carbocycles. The van der Waals surface area contributed by atoms with E-state index in [0.29, 0.717) is 0 Å². The summed E-state index contributed by atoms with van der Waals surface area (Å²) in [5.41, 5.74) is 0. The fraction of sp³-hybridized carbons (Fsp3) is 0.0909. The molecule has 0 unspecified atom stereocenters. The van der Waals surface area contributed by atoms with Crippen LogP contribution in [0.5, 0.6) is 0 Å². The molecule has 3 nitrogen and oxygen atoms in total. The second kappa shape index (κ2) is 3.92. The van der Waals surface area contributed by atoms with Gasteiger partial charge in [0.05, 0.1) is 10.6 Å². The lowest BCUT2D eigenvalue weighted by Gasteiger charge is -2.18. The molecule has 0 aromatic carbocycles. The normalized spacial score (nSPS) is 11.3. The molecule has 0 spiro atoms. The Morgan fingerprint density at radius 3 is 1.73 bits per heavy atom. The van der Waals surface area contributed by atoms with E-state index in [9.17, 15) is 4.80 Å². The molecule has 2 aromatic heterocycles. The second-order valence-electron chi connectivity index (χ2n) is 3.50. The van der Waals surface area contributed by atoms with Gasteiger partial charge in [0.15, 0.2) is 0 Å². The number of rotatable bonds is 2. The summed E-state index contributed by atoms with van der Waals surface area (Å²) in [6, 6.07) is 11.1. The molecule has 0 radical (unpaired) electrons. The average Bonchev–Trinajstić information content (AvgIpc) is 2.31. The summed E-state index contributed by atoms with van der Waals surface area (Å²) in [7, 11) is -2.68. The number of hydrogen-bond donors (Lipinski definition) is 1. The molecule has 1 N–H and O–H groups in total. The molecule has 2 rings (SSSR count). The van der Waals surface area contributed by atoms with Crippen LogP contribution in [0, 0.1) is 0 Å². The SMILES string of the molecule is C[Si](O)(c1ccccn1)c1ccccn1. The predicted octanol–water partition coefficient (Wildman–Crippen LogP) is 0.158. The molecule has 0 aliphatic rings. The smallest absolute Gasteiger partial charge is 0.287 e. The molecule has 4 heteroatoms. The molecule has 0 aliphatic heterocycles. The third-order valence-electron chi connectivity index (χ3n) is 2.33. The van der Waals surface area contributed by atoms with Gasteiger partial charge in [-0.15, -0.1) is 0 Å². The third-order valence-corrected chi connectivity index (χ3v) is 4.91. The highest BCUT2D eigenvalue weighted by Crippen LogP contribution is 1.96. The Bertz CT molecular complexity index is 389. The minimum atomic E-state index is -2.68. The zero-order chi connectivity index (χ0) is 10.7. The van der Waals surface area contributed by atoms with Crippen molar-refractivity contribution in [1.29, 1.82) is 0 Å². The molecule has 0 bridgehead atoms. The first-order valence-corrected chi connectivity index (χ1v) is 7.21. The van der Waals surface area contributed by atoms with E-state index in [4.69, 9.17) is 0 Å². The molecule has 0 atom stereocenters. The summed E-state index contributed by atoms with van der Waals surface area (Å²) in [5.74, 6) is 0. The summed E-state index contributed by atoms with van der Waals surface area (Å²) in [6.45, 7) is 1.83. The van der Waals surface area contributed by atoms with Crippen molar-refractivity contribution in [1.82, 2.24) is 9.97 Å². The topological polar surface area (TPSA) is 46.0 Å². The maximum Gasteiger partial charge on any atom is 0.287 e. The molecular weight excluding hydrogens is 204 g/mol. The van der Waals surface area contributed by atoms with E-state index in [1.807, 2.05) is 42.9 Å². The molecule has 76 valence electrons. The van der Waals surface area contributed by atoms with Crippen molar-refractivity contribution in [2.45, 2.75) is 6.55 Å². The molecule has 2 aromatic rings. The van der Waals surface area contributed by atoms with Gasteiger partial charge in [0.2, 0.25) is 0 Å². The van der Waals surface area contributed by atoms with Gasteiger partial charge in [0, 0.05) is 12.4 Å². The molecule has 0 aliphatic carbocycles. The lowest BCUT2D eigenvalue weighted by molar-refractivity contribution is 0.572. The maximum atomic E-state index is 10.5. The molecule has 2 heterocycles. The van der Waals surface area contributed by atoms with Crippen molar-refractivity contribution >= 4 is 19.0 Å². The Morgan fingerprint density at radius 1 is 0.933 bits per heavy atom. The van der Waals surface area contributed by atoms with Crippen LogP contribution in [0.15, 0.2) is 48.8 Å². The summed E-state index contributed by atoms with van der Waals surface area (Å²) in [5, 5.41) is 1.48. The van der Waals surface area contributed by atoms with Crippen LogP contribution in [0.2, 0.25) is 6.55 Å². The van der Waals surface area contributed by atoms with Crippen molar-refractivity contribution in [3.05, 3.63) is 48.8 Å². The minimum Gasteiger partial charge on any atom is -0.422 e. The van der Waals surface area contributed by atoms with Crippen LogP contribution in [-0.2, 0) is 0 Å². The van der Waals surface area contributed by atoms with Crippen molar-refractivity contribution in [3.8, 4) is 0 Å². The van der Waals surface area contributed by atoms with Crippen molar-refractivity contribution in [2.24, 2.45) is 0 Å². The van der Waals surface area contributed by atoms with Crippen molar-refractivity contribution in [3.63, 3.8) is 0 Å². The first-order chi connectivity index (χ1) is 7.21. The van der Waals surface area contributed by atoms with Gasteiger partial charge >= 0.3 is 0 Å². The Kier molecular flexibility index (Phi) is 2.62. The van der Waals surface area contributed by atoms with Gasteiger partial charge in [-0.05, 0) is 30.8 Å². The fourth-order valence-electron chi connectivity index (χ4n) is 1.43. The number of hydrogen-bond acceptors (Lipinski definition) is 3. The van der Waals surface area contributed by atoms with Gasteiger partial charge in [0.1, 0.15) is 0 Å². The van der Waals surface area contributed by atoms with Gasteiger partial charge in [-0.1, -0.05) is 12.1 Å². The van der Waals surface area contributed by atoms with Crippen LogP contribution in [0.4, 0.5) is 0 Å². The summed E-state index contributed by atoms with van der Waals surface area (Å²) < 4.78 is 0. The summed E-state index contributed by atoms with van der Waals surface area (Å²) in [4.78, 5) is 18.9. The Morgan fingerprint density at radius 2 is 1.40 bits per heavy atom. The largest absolute Gasteiger partial charge is 0.422 e. The minimum absolute atomic E-state index is 0.740. The van der Waals surface area contributed by atoms with Gasteiger partial charge in [-0.25, -0.2) is 0 Å². The third kappa shape index (κ3) is 1.95. The van der Waals surface area contributed by atoms with E-state index in [2.05, 4.69) is 9.97 Å². The van der Waals surface area contributed by atoms with Gasteiger partial charge in [-0.3, -0.25) is 9.97 Å². The van der Waals surface area contributed by atoms with Crippen LogP contribution in [0.1, 0.15) is 0 Å². The molecule has 15 heavy (non-hydrogen) atoms. The second-order valence-corrected chi connectivity index (χ2v) is 6.67. The fourth-order valence-corrected chi connectivity index (χ4v) is 3.19. The van der Waals surface area contributed by atoms with Gasteiger partial charge < -0.3 is 4.80 Å². The Labute approximate surface area is 89.6 Å². The van der Waals surface area contributed by atoms with E-state index < -0.39 is 8.32 Å². The highest BCUT2D eigenvalue weighted by Gasteiger charge is 2.32. The van der Waals surface area contributed by atoms with Crippen molar-refractivity contribution in [2.75, 3.05) is 0 Å². The lowest BCUT2D eigenvalue weighted by atomic mass is 10.5. The number of nitrogens with zero attached hydrogens (tertiary/aromatic N) is 2. The zero-order valence-electron chi connectivity index (χ0n) is 8.46. The summed E-state index contributed by atoms with van der Waals surface area (Å²) >= 11 is 0. The predicted molar refractivity (Wildman–Crippen MR) is 61.6 cm³/mol. The molecule has 0 amide bonds. The highest BCUT2D eigenvalue weighted by atomic mass is 28.4. The first-order valence-electron chi connectivity index (χ1n) is 4.76. The quantitative estimate of drug-likeness (QED) is 0.727. The molecule has 0 fully saturated rings. The van der Waals surface area contributed by atoms with E-state index in [0.717, 1.165) is 10.6 Å². The first kappa shape index (κ1) is 10.0. The lowest BCUT2D eigenvalue weighted by Crippen LogP contribution is -2.58. The van der Waals surface area contributed by atoms with E-state index in [-0.39, 0.29) is 0 Å².